The van der Waals surface area contributed by atoms with Crippen molar-refractivity contribution in [1.29, 1.82) is 0 Å². The molecule has 122 valence electrons. The van der Waals surface area contributed by atoms with Crippen LogP contribution in [-0.2, 0) is 4.79 Å². The Kier molecular flexibility index (Phi) is 5.08. The van der Waals surface area contributed by atoms with E-state index in [2.05, 4.69) is 10.3 Å². The second-order valence-electron chi connectivity index (χ2n) is 5.93. The number of nitrogens with zero attached hydrogens (tertiary/aromatic N) is 1. The first-order valence-corrected chi connectivity index (χ1v) is 8.18. The van der Waals surface area contributed by atoms with Crippen LogP contribution in [0.3, 0.4) is 0 Å². The summed E-state index contributed by atoms with van der Waals surface area (Å²) in [5.41, 5.74) is 0.855. The van der Waals surface area contributed by atoms with Gasteiger partial charge in [-0.1, -0.05) is 18.2 Å². The van der Waals surface area contributed by atoms with Gasteiger partial charge in [-0.2, -0.15) is 0 Å². The highest BCUT2D eigenvalue weighted by Crippen LogP contribution is 2.25. The van der Waals surface area contributed by atoms with Gasteiger partial charge < -0.3 is 15.2 Å². The summed E-state index contributed by atoms with van der Waals surface area (Å²) in [6, 6.07) is 9.76. The summed E-state index contributed by atoms with van der Waals surface area (Å²) >= 11 is 0. The molecular formula is C18H22N2O3. The van der Waals surface area contributed by atoms with E-state index < -0.39 is 6.10 Å². The smallest absolute Gasteiger partial charge is 0.225 e. The van der Waals surface area contributed by atoms with Crippen molar-refractivity contribution in [1.82, 2.24) is 10.3 Å². The Morgan fingerprint density at radius 2 is 2.17 bits per heavy atom. The number of pyridine rings is 1. The lowest BCUT2D eigenvalue weighted by molar-refractivity contribution is -0.127. The maximum Gasteiger partial charge on any atom is 0.225 e. The van der Waals surface area contributed by atoms with Gasteiger partial charge in [0.05, 0.1) is 18.6 Å². The second-order valence-corrected chi connectivity index (χ2v) is 5.93. The molecule has 0 radical (unpaired) electrons. The maximum atomic E-state index is 11.9. The first-order valence-electron chi connectivity index (χ1n) is 8.18. The van der Waals surface area contributed by atoms with Crippen molar-refractivity contribution < 1.29 is 14.6 Å². The number of hydrogen-bond acceptors (Lipinski definition) is 4. The number of benzene rings is 1. The number of para-hydroxylation sites is 1. The zero-order valence-corrected chi connectivity index (χ0v) is 13.1. The predicted molar refractivity (Wildman–Crippen MR) is 88.2 cm³/mol. The van der Waals surface area contributed by atoms with E-state index in [4.69, 9.17) is 4.74 Å². The fourth-order valence-corrected chi connectivity index (χ4v) is 3.04. The lowest BCUT2D eigenvalue weighted by Crippen LogP contribution is -2.35. The Morgan fingerprint density at radius 3 is 3.00 bits per heavy atom. The van der Waals surface area contributed by atoms with Crippen LogP contribution in [0.25, 0.3) is 10.9 Å². The average molecular weight is 314 g/mol. The van der Waals surface area contributed by atoms with Gasteiger partial charge in [0.2, 0.25) is 5.91 Å². The van der Waals surface area contributed by atoms with Crippen LogP contribution in [-0.4, -0.2) is 35.3 Å². The lowest BCUT2D eigenvalue weighted by Gasteiger charge is -2.14. The largest absolute Gasteiger partial charge is 0.491 e. The van der Waals surface area contributed by atoms with Crippen molar-refractivity contribution in [2.45, 2.75) is 31.8 Å². The van der Waals surface area contributed by atoms with Gasteiger partial charge in [0.1, 0.15) is 11.3 Å². The first-order chi connectivity index (χ1) is 11.3. The standard InChI is InChI=1S/C18H22N2O3/c21-15-8-2-7-14(15)18(22)20-11-4-12-23-16-9-1-5-13-6-3-10-19-17(13)16/h1,3,5-6,9-10,14-15,21H,2,4,7-8,11-12H2,(H,20,22). The van der Waals surface area contributed by atoms with E-state index >= 15 is 0 Å². The Bertz CT molecular complexity index is 669. The molecule has 1 aliphatic carbocycles. The number of hydrogen-bond donors (Lipinski definition) is 2. The fraction of sp³-hybridized carbons (Fsp3) is 0.444. The molecule has 2 N–H and O–H groups in total. The normalized spacial score (nSPS) is 20.6. The molecule has 1 saturated carbocycles. The molecule has 23 heavy (non-hydrogen) atoms. The van der Waals surface area contributed by atoms with Gasteiger partial charge in [0.15, 0.2) is 0 Å². The van der Waals surface area contributed by atoms with Crippen molar-refractivity contribution in [3.8, 4) is 5.75 Å². The quantitative estimate of drug-likeness (QED) is 0.803. The zero-order chi connectivity index (χ0) is 16.1. The van der Waals surface area contributed by atoms with Gasteiger partial charge in [-0.3, -0.25) is 9.78 Å². The van der Waals surface area contributed by atoms with Crippen LogP contribution in [0.1, 0.15) is 25.7 Å². The minimum atomic E-state index is -0.479. The molecule has 2 atom stereocenters. The van der Waals surface area contributed by atoms with Crippen molar-refractivity contribution in [3.05, 3.63) is 36.5 Å². The molecular weight excluding hydrogens is 292 g/mol. The van der Waals surface area contributed by atoms with Crippen LogP contribution in [0.4, 0.5) is 0 Å². The third kappa shape index (κ3) is 3.79. The molecule has 1 aliphatic rings. The highest BCUT2D eigenvalue weighted by Gasteiger charge is 2.30. The van der Waals surface area contributed by atoms with E-state index in [-0.39, 0.29) is 11.8 Å². The molecule has 2 aromatic rings. The Hall–Kier alpha value is -2.14. The highest BCUT2D eigenvalue weighted by molar-refractivity contribution is 5.84. The van der Waals surface area contributed by atoms with Crippen molar-refractivity contribution >= 4 is 16.8 Å². The van der Waals surface area contributed by atoms with E-state index in [1.165, 1.54) is 0 Å². The summed E-state index contributed by atoms with van der Waals surface area (Å²) < 4.78 is 5.78. The third-order valence-electron chi connectivity index (χ3n) is 4.29. The van der Waals surface area contributed by atoms with E-state index in [0.29, 0.717) is 13.2 Å². The summed E-state index contributed by atoms with van der Waals surface area (Å²) in [6.45, 7) is 1.07. The second kappa shape index (κ2) is 7.42. The number of rotatable bonds is 6. The summed E-state index contributed by atoms with van der Waals surface area (Å²) in [4.78, 5) is 16.3. The number of ether oxygens (including phenoxy) is 1. The van der Waals surface area contributed by atoms with E-state index in [1.807, 2.05) is 30.3 Å². The number of aliphatic hydroxyl groups excluding tert-OH is 1. The van der Waals surface area contributed by atoms with Crippen molar-refractivity contribution in [2.24, 2.45) is 5.92 Å². The van der Waals surface area contributed by atoms with E-state index in [9.17, 15) is 9.90 Å². The van der Waals surface area contributed by atoms with Crippen LogP contribution in [0.2, 0.25) is 0 Å². The molecule has 1 heterocycles. The fourth-order valence-electron chi connectivity index (χ4n) is 3.04. The highest BCUT2D eigenvalue weighted by atomic mass is 16.5. The third-order valence-corrected chi connectivity index (χ3v) is 4.29. The SMILES string of the molecule is O=C(NCCCOc1cccc2cccnc12)C1CCCC1O. The average Bonchev–Trinajstić information content (AvgIpc) is 3.00. The molecule has 1 fully saturated rings. The van der Waals surface area contributed by atoms with Gasteiger partial charge in [0, 0.05) is 18.1 Å². The number of amides is 1. The number of aliphatic hydroxyl groups is 1. The Balaban J connectivity index is 1.44. The topological polar surface area (TPSA) is 71.5 Å². The van der Waals surface area contributed by atoms with E-state index in [1.54, 1.807) is 6.20 Å². The number of nitrogens with one attached hydrogen (secondary N) is 1. The zero-order valence-electron chi connectivity index (χ0n) is 13.1. The minimum absolute atomic E-state index is 0.0400. The molecule has 0 aliphatic heterocycles. The molecule has 5 nitrogen and oxygen atoms in total. The summed E-state index contributed by atoms with van der Waals surface area (Å²) in [5.74, 6) is 0.487. The minimum Gasteiger partial charge on any atom is -0.491 e. The number of fused-ring (bicyclic) bond motifs is 1. The van der Waals surface area contributed by atoms with Crippen LogP contribution in [0, 0.1) is 5.92 Å². The molecule has 2 unspecified atom stereocenters. The van der Waals surface area contributed by atoms with Gasteiger partial charge in [-0.25, -0.2) is 0 Å². The number of carbonyl (C=O) groups is 1. The lowest BCUT2D eigenvalue weighted by atomic mass is 10.1. The van der Waals surface area contributed by atoms with Crippen LogP contribution >= 0.6 is 0 Å². The molecule has 0 spiro atoms. The molecule has 1 aromatic carbocycles. The van der Waals surface area contributed by atoms with E-state index in [0.717, 1.165) is 42.3 Å². The van der Waals surface area contributed by atoms with Crippen LogP contribution < -0.4 is 10.1 Å². The van der Waals surface area contributed by atoms with Crippen molar-refractivity contribution in [2.75, 3.05) is 13.2 Å². The van der Waals surface area contributed by atoms with Gasteiger partial charge in [0.25, 0.3) is 0 Å². The van der Waals surface area contributed by atoms with Gasteiger partial charge in [-0.05, 0) is 37.8 Å². The van der Waals surface area contributed by atoms with Crippen LogP contribution in [0.5, 0.6) is 5.75 Å². The first kappa shape index (κ1) is 15.7. The van der Waals surface area contributed by atoms with Crippen molar-refractivity contribution in [3.63, 3.8) is 0 Å². The summed E-state index contributed by atoms with van der Waals surface area (Å²) in [5, 5.41) is 13.7. The van der Waals surface area contributed by atoms with Gasteiger partial charge in [-0.15, -0.1) is 0 Å². The molecule has 0 saturated heterocycles. The maximum absolute atomic E-state index is 11.9. The molecule has 5 heteroatoms. The predicted octanol–water partition coefficient (Wildman–Crippen LogP) is 2.28. The van der Waals surface area contributed by atoms with Crippen LogP contribution in [0.15, 0.2) is 36.5 Å². The molecule has 1 amide bonds. The summed E-state index contributed by atoms with van der Waals surface area (Å²) in [7, 11) is 0. The number of carbonyl (C=O) groups excluding carboxylic acids is 1. The Labute approximate surface area is 135 Å². The Morgan fingerprint density at radius 1 is 1.30 bits per heavy atom. The summed E-state index contributed by atoms with van der Waals surface area (Å²) in [6.07, 6.45) is 4.43. The molecule has 3 rings (SSSR count). The molecule has 0 bridgehead atoms. The molecule has 1 aromatic heterocycles. The monoisotopic (exact) mass is 314 g/mol. The van der Waals surface area contributed by atoms with Gasteiger partial charge >= 0.3 is 0 Å². The number of aromatic nitrogens is 1.